The normalized spacial score (nSPS) is 16.9. The summed E-state index contributed by atoms with van der Waals surface area (Å²) >= 11 is 1.91. The fourth-order valence-electron chi connectivity index (χ4n) is 2.94. The fourth-order valence-corrected chi connectivity index (χ4v) is 4.22. The van der Waals surface area contributed by atoms with Gasteiger partial charge in [-0.1, -0.05) is 38.1 Å². The SMILES string of the molecule is CCC(C)c1ccc(C(N)c2cc3c(s2)CCC3)cc1. The molecule has 106 valence electrons. The zero-order chi connectivity index (χ0) is 14.1. The maximum atomic E-state index is 6.45. The Kier molecular flexibility index (Phi) is 3.95. The van der Waals surface area contributed by atoms with Crippen molar-refractivity contribution in [2.24, 2.45) is 5.73 Å². The molecule has 0 saturated heterocycles. The van der Waals surface area contributed by atoms with Crippen molar-refractivity contribution in [1.82, 2.24) is 0 Å². The molecule has 2 atom stereocenters. The van der Waals surface area contributed by atoms with Crippen LogP contribution < -0.4 is 5.73 Å². The van der Waals surface area contributed by atoms with Gasteiger partial charge in [-0.15, -0.1) is 11.3 Å². The van der Waals surface area contributed by atoms with E-state index in [4.69, 9.17) is 5.73 Å². The average Bonchev–Trinajstić information content (AvgIpc) is 3.07. The topological polar surface area (TPSA) is 26.0 Å². The maximum Gasteiger partial charge on any atom is 0.0646 e. The van der Waals surface area contributed by atoms with Gasteiger partial charge in [0.05, 0.1) is 6.04 Å². The first-order valence-corrected chi connectivity index (χ1v) is 8.47. The van der Waals surface area contributed by atoms with Gasteiger partial charge < -0.3 is 5.73 Å². The van der Waals surface area contributed by atoms with Crippen LogP contribution in [0.25, 0.3) is 0 Å². The third-order valence-corrected chi connectivity index (χ3v) is 5.87. The second kappa shape index (κ2) is 5.71. The van der Waals surface area contributed by atoms with E-state index in [0.29, 0.717) is 5.92 Å². The van der Waals surface area contributed by atoms with Gasteiger partial charge in [0.25, 0.3) is 0 Å². The molecule has 1 aromatic carbocycles. The van der Waals surface area contributed by atoms with Crippen LogP contribution in [0.5, 0.6) is 0 Å². The van der Waals surface area contributed by atoms with Crippen LogP contribution in [0.3, 0.4) is 0 Å². The molecule has 0 amide bonds. The minimum atomic E-state index is 0.0385. The predicted octanol–water partition coefficient (Wildman–Crippen LogP) is 4.80. The van der Waals surface area contributed by atoms with Crippen molar-refractivity contribution in [2.45, 2.75) is 51.5 Å². The molecule has 2 unspecified atom stereocenters. The summed E-state index contributed by atoms with van der Waals surface area (Å²) in [5.41, 5.74) is 10.6. The number of benzene rings is 1. The van der Waals surface area contributed by atoms with Gasteiger partial charge in [0.2, 0.25) is 0 Å². The Morgan fingerprint density at radius 3 is 2.50 bits per heavy atom. The van der Waals surface area contributed by atoms with Crippen LogP contribution in [0.2, 0.25) is 0 Å². The van der Waals surface area contributed by atoms with Gasteiger partial charge in [-0.2, -0.15) is 0 Å². The molecule has 0 spiro atoms. The van der Waals surface area contributed by atoms with E-state index in [1.54, 1.807) is 4.88 Å². The summed E-state index contributed by atoms with van der Waals surface area (Å²) in [5, 5.41) is 0. The standard InChI is InChI=1S/C18H23NS/c1-3-12(2)13-7-9-14(10-8-13)18(19)17-11-15-5-4-6-16(15)20-17/h7-12,18H,3-6,19H2,1-2H3. The highest BCUT2D eigenvalue weighted by atomic mass is 32.1. The largest absolute Gasteiger partial charge is 0.320 e. The van der Waals surface area contributed by atoms with Crippen LogP contribution in [-0.4, -0.2) is 0 Å². The molecule has 2 N–H and O–H groups in total. The molecule has 0 fully saturated rings. The monoisotopic (exact) mass is 285 g/mol. The van der Waals surface area contributed by atoms with E-state index >= 15 is 0 Å². The third-order valence-electron chi connectivity index (χ3n) is 4.55. The molecule has 0 bridgehead atoms. The number of aryl methyl sites for hydroxylation is 2. The van der Waals surface area contributed by atoms with Crippen molar-refractivity contribution in [2.75, 3.05) is 0 Å². The van der Waals surface area contributed by atoms with Crippen molar-refractivity contribution in [3.63, 3.8) is 0 Å². The molecule has 3 rings (SSSR count). The Balaban J connectivity index is 1.81. The Hall–Kier alpha value is -1.12. The van der Waals surface area contributed by atoms with Crippen LogP contribution in [0.4, 0.5) is 0 Å². The zero-order valence-corrected chi connectivity index (χ0v) is 13.2. The summed E-state index contributed by atoms with van der Waals surface area (Å²) in [4.78, 5) is 2.89. The quantitative estimate of drug-likeness (QED) is 0.858. The van der Waals surface area contributed by atoms with Gasteiger partial charge in [-0.3, -0.25) is 0 Å². The first-order chi connectivity index (χ1) is 9.69. The highest BCUT2D eigenvalue weighted by Gasteiger charge is 2.19. The second-order valence-corrected chi connectivity index (χ2v) is 7.07. The minimum absolute atomic E-state index is 0.0385. The van der Waals surface area contributed by atoms with Gasteiger partial charge >= 0.3 is 0 Å². The molecule has 2 aromatic rings. The third kappa shape index (κ3) is 2.55. The fraction of sp³-hybridized carbons (Fsp3) is 0.444. The van der Waals surface area contributed by atoms with Crippen molar-refractivity contribution >= 4 is 11.3 Å². The summed E-state index contributed by atoms with van der Waals surface area (Å²) in [7, 11) is 0. The van der Waals surface area contributed by atoms with E-state index < -0.39 is 0 Å². The van der Waals surface area contributed by atoms with Gasteiger partial charge in [0.15, 0.2) is 0 Å². The number of thiophene rings is 1. The Bertz CT molecular complexity index is 560. The van der Waals surface area contributed by atoms with Crippen LogP contribution >= 0.6 is 11.3 Å². The van der Waals surface area contributed by atoms with Crippen molar-refractivity contribution in [1.29, 1.82) is 0 Å². The van der Waals surface area contributed by atoms with Crippen LogP contribution in [0, 0.1) is 0 Å². The van der Waals surface area contributed by atoms with Crippen LogP contribution in [0.1, 0.15) is 65.1 Å². The summed E-state index contributed by atoms with van der Waals surface area (Å²) < 4.78 is 0. The molecule has 1 nitrogen and oxygen atoms in total. The molecule has 0 radical (unpaired) electrons. The van der Waals surface area contributed by atoms with E-state index in [1.807, 2.05) is 11.3 Å². The molecular weight excluding hydrogens is 262 g/mol. The number of fused-ring (bicyclic) bond motifs is 1. The lowest BCUT2D eigenvalue weighted by atomic mass is 9.96. The molecule has 1 heterocycles. The smallest absolute Gasteiger partial charge is 0.0646 e. The van der Waals surface area contributed by atoms with Gasteiger partial charge in [-0.25, -0.2) is 0 Å². The van der Waals surface area contributed by atoms with Crippen molar-refractivity contribution in [3.8, 4) is 0 Å². The molecule has 20 heavy (non-hydrogen) atoms. The molecule has 0 saturated carbocycles. The number of rotatable bonds is 4. The second-order valence-electron chi connectivity index (χ2n) is 5.90. The zero-order valence-electron chi connectivity index (χ0n) is 12.4. The predicted molar refractivity (Wildman–Crippen MR) is 87.5 cm³/mol. The van der Waals surface area contributed by atoms with E-state index in [-0.39, 0.29) is 6.04 Å². The number of hydrogen-bond acceptors (Lipinski definition) is 2. The summed E-state index contributed by atoms with van der Waals surface area (Å²) in [5.74, 6) is 0.630. The molecule has 1 aliphatic rings. The minimum Gasteiger partial charge on any atom is -0.320 e. The molecule has 1 aliphatic carbocycles. The molecule has 2 heteroatoms. The maximum absolute atomic E-state index is 6.45. The van der Waals surface area contributed by atoms with Crippen molar-refractivity contribution in [3.05, 3.63) is 56.8 Å². The Labute approximate surface area is 125 Å². The Morgan fingerprint density at radius 1 is 1.15 bits per heavy atom. The first kappa shape index (κ1) is 13.8. The average molecular weight is 285 g/mol. The summed E-state index contributed by atoms with van der Waals surface area (Å²) in [6, 6.07) is 11.3. The molecule has 0 aliphatic heterocycles. The van der Waals surface area contributed by atoms with Gasteiger partial charge in [0, 0.05) is 9.75 Å². The number of hydrogen-bond donors (Lipinski definition) is 1. The van der Waals surface area contributed by atoms with E-state index in [0.717, 1.165) is 0 Å². The van der Waals surface area contributed by atoms with Crippen molar-refractivity contribution < 1.29 is 0 Å². The first-order valence-electron chi connectivity index (χ1n) is 7.66. The lowest BCUT2D eigenvalue weighted by Crippen LogP contribution is -2.10. The Morgan fingerprint density at radius 2 is 1.85 bits per heavy atom. The summed E-state index contributed by atoms with van der Waals surface area (Å²) in [6.07, 6.45) is 4.99. The van der Waals surface area contributed by atoms with Gasteiger partial charge in [-0.05, 0) is 54.4 Å². The summed E-state index contributed by atoms with van der Waals surface area (Å²) in [6.45, 7) is 4.51. The van der Waals surface area contributed by atoms with Crippen LogP contribution in [0.15, 0.2) is 30.3 Å². The lowest BCUT2D eigenvalue weighted by molar-refractivity contribution is 0.732. The number of nitrogens with two attached hydrogens (primary N) is 1. The van der Waals surface area contributed by atoms with Gasteiger partial charge in [0.1, 0.15) is 0 Å². The van der Waals surface area contributed by atoms with Crippen LogP contribution in [-0.2, 0) is 12.8 Å². The van der Waals surface area contributed by atoms with E-state index in [1.165, 1.54) is 47.3 Å². The van der Waals surface area contributed by atoms with E-state index in [2.05, 4.69) is 44.2 Å². The molecule has 1 aromatic heterocycles. The van der Waals surface area contributed by atoms with E-state index in [9.17, 15) is 0 Å². The lowest BCUT2D eigenvalue weighted by Gasteiger charge is -2.13. The highest BCUT2D eigenvalue weighted by Crippen LogP contribution is 2.35. The molecular formula is C18H23NS. The highest BCUT2D eigenvalue weighted by molar-refractivity contribution is 7.12.